The van der Waals surface area contributed by atoms with Gasteiger partial charge in [-0.1, -0.05) is 24.6 Å². The first kappa shape index (κ1) is 28.1. The number of esters is 1. The van der Waals surface area contributed by atoms with E-state index in [-0.39, 0.29) is 35.1 Å². The Labute approximate surface area is 215 Å². The van der Waals surface area contributed by atoms with Gasteiger partial charge in [0.1, 0.15) is 17.2 Å². The summed E-state index contributed by atoms with van der Waals surface area (Å²) in [6.07, 6.45) is -4.22. The highest BCUT2D eigenvalue weighted by molar-refractivity contribution is 6.31. The fourth-order valence-corrected chi connectivity index (χ4v) is 4.04. The predicted octanol–water partition coefficient (Wildman–Crippen LogP) is 5.62. The number of aromatic amines is 1. The first-order valence-corrected chi connectivity index (χ1v) is 11.6. The van der Waals surface area contributed by atoms with Crippen LogP contribution in [0.1, 0.15) is 36.5 Å². The first-order chi connectivity index (χ1) is 17.4. The highest BCUT2D eigenvalue weighted by atomic mass is 35.5. The standard InChI is InChI=1S/C26H25ClF3NO6/c1-4-35-23(32)14-36-18-5-7-19(8-6-18)37-20-9-10-21(22(27)12-20)16(3)25(34,26(28,29)30)17-11-15(2)24(33)31-13-17/h5-13,16,34H,4,14H2,1-3H3,(H,31,33). The van der Waals surface area contributed by atoms with E-state index >= 15 is 0 Å². The number of alkyl halides is 3. The number of nitrogens with one attached hydrogen (secondary N) is 1. The minimum Gasteiger partial charge on any atom is -0.482 e. The van der Waals surface area contributed by atoms with Crippen molar-refractivity contribution in [2.75, 3.05) is 13.2 Å². The highest BCUT2D eigenvalue weighted by Gasteiger charge is 2.59. The molecule has 2 aromatic carbocycles. The topological polar surface area (TPSA) is 97.8 Å². The van der Waals surface area contributed by atoms with Crippen LogP contribution in [0.5, 0.6) is 17.2 Å². The van der Waals surface area contributed by atoms with Crippen LogP contribution in [-0.2, 0) is 15.1 Å². The van der Waals surface area contributed by atoms with Crippen LogP contribution in [0.4, 0.5) is 13.2 Å². The zero-order valence-electron chi connectivity index (χ0n) is 20.2. The molecule has 7 nitrogen and oxygen atoms in total. The van der Waals surface area contributed by atoms with Crippen LogP contribution in [0, 0.1) is 6.92 Å². The summed E-state index contributed by atoms with van der Waals surface area (Å²) in [6, 6.07) is 11.4. The van der Waals surface area contributed by atoms with Crippen LogP contribution in [0.2, 0.25) is 5.02 Å². The first-order valence-electron chi connectivity index (χ1n) is 11.2. The third-order valence-corrected chi connectivity index (χ3v) is 6.08. The largest absolute Gasteiger partial charge is 0.482 e. The lowest BCUT2D eigenvalue weighted by Gasteiger charge is -2.37. The van der Waals surface area contributed by atoms with Gasteiger partial charge in [-0.15, -0.1) is 0 Å². The number of hydrogen-bond donors (Lipinski definition) is 2. The van der Waals surface area contributed by atoms with Gasteiger partial charge < -0.3 is 24.3 Å². The molecule has 0 aliphatic heterocycles. The van der Waals surface area contributed by atoms with Crippen molar-refractivity contribution in [1.29, 1.82) is 0 Å². The molecule has 3 aromatic rings. The Morgan fingerprint density at radius 1 is 1.08 bits per heavy atom. The van der Waals surface area contributed by atoms with Gasteiger partial charge in [0.15, 0.2) is 12.2 Å². The molecule has 2 atom stereocenters. The number of hydrogen-bond acceptors (Lipinski definition) is 6. The number of H-pyrrole nitrogens is 1. The van der Waals surface area contributed by atoms with Crippen LogP contribution < -0.4 is 15.0 Å². The lowest BCUT2D eigenvalue weighted by Crippen LogP contribution is -2.47. The van der Waals surface area contributed by atoms with E-state index in [1.807, 2.05) is 0 Å². The molecule has 198 valence electrons. The maximum atomic E-state index is 14.2. The molecule has 2 N–H and O–H groups in total. The van der Waals surface area contributed by atoms with Gasteiger partial charge in [0.2, 0.25) is 0 Å². The molecule has 0 fully saturated rings. The Bertz CT molecular complexity index is 1310. The fourth-order valence-electron chi connectivity index (χ4n) is 3.71. The van der Waals surface area contributed by atoms with Crippen LogP contribution in [0.25, 0.3) is 0 Å². The van der Waals surface area contributed by atoms with E-state index < -0.39 is 34.8 Å². The number of rotatable bonds is 9. The molecular formula is C26H25ClF3NO6. The second-order valence-corrected chi connectivity index (χ2v) is 8.64. The average molecular weight is 540 g/mol. The normalized spacial score (nSPS) is 13.9. The predicted molar refractivity (Wildman–Crippen MR) is 130 cm³/mol. The van der Waals surface area contributed by atoms with Crippen molar-refractivity contribution in [2.45, 2.75) is 38.5 Å². The summed E-state index contributed by atoms with van der Waals surface area (Å²) in [7, 11) is 0. The van der Waals surface area contributed by atoms with E-state index in [1.165, 1.54) is 32.0 Å². The number of ether oxygens (including phenoxy) is 3. The molecule has 0 saturated carbocycles. The summed E-state index contributed by atoms with van der Waals surface area (Å²) in [5.74, 6) is -0.992. The van der Waals surface area contributed by atoms with Gasteiger partial charge in [-0.2, -0.15) is 13.2 Å². The smallest absolute Gasteiger partial charge is 0.422 e. The molecule has 2 unspecified atom stereocenters. The van der Waals surface area contributed by atoms with Crippen molar-refractivity contribution in [3.63, 3.8) is 0 Å². The number of halogens is 4. The molecule has 0 saturated heterocycles. The zero-order chi connectivity index (χ0) is 27.4. The molecule has 37 heavy (non-hydrogen) atoms. The van der Waals surface area contributed by atoms with E-state index in [2.05, 4.69) is 4.98 Å². The van der Waals surface area contributed by atoms with Crippen molar-refractivity contribution >= 4 is 17.6 Å². The summed E-state index contributed by atoms with van der Waals surface area (Å²) in [5, 5.41) is 10.9. The van der Waals surface area contributed by atoms with Gasteiger partial charge in [-0.05, 0) is 61.9 Å². The summed E-state index contributed by atoms with van der Waals surface area (Å²) >= 11 is 6.33. The van der Waals surface area contributed by atoms with Crippen LogP contribution in [0.15, 0.2) is 59.5 Å². The van der Waals surface area contributed by atoms with E-state index in [1.54, 1.807) is 31.2 Å². The van der Waals surface area contributed by atoms with E-state index in [0.717, 1.165) is 12.3 Å². The summed E-state index contributed by atoms with van der Waals surface area (Å²) in [4.78, 5) is 25.3. The van der Waals surface area contributed by atoms with E-state index in [4.69, 9.17) is 25.8 Å². The molecule has 0 aliphatic rings. The minimum atomic E-state index is -5.08. The van der Waals surface area contributed by atoms with Crippen molar-refractivity contribution in [2.24, 2.45) is 0 Å². The van der Waals surface area contributed by atoms with Crippen LogP contribution in [0.3, 0.4) is 0 Å². The lowest BCUT2D eigenvalue weighted by molar-refractivity contribution is -0.274. The van der Waals surface area contributed by atoms with Crippen molar-refractivity contribution < 1.29 is 37.3 Å². The van der Waals surface area contributed by atoms with Crippen molar-refractivity contribution in [3.8, 4) is 17.2 Å². The molecule has 0 amide bonds. The minimum absolute atomic E-state index is 0.0273. The molecule has 11 heteroatoms. The fraction of sp³-hybridized carbons (Fsp3) is 0.308. The number of benzene rings is 2. The molecule has 0 spiro atoms. The Balaban J connectivity index is 1.81. The lowest BCUT2D eigenvalue weighted by atomic mass is 9.78. The molecule has 0 bridgehead atoms. The Morgan fingerprint density at radius 3 is 2.27 bits per heavy atom. The second-order valence-electron chi connectivity index (χ2n) is 8.24. The quantitative estimate of drug-likeness (QED) is 0.342. The number of aromatic nitrogens is 1. The van der Waals surface area contributed by atoms with Crippen molar-refractivity contribution in [1.82, 2.24) is 4.98 Å². The maximum Gasteiger partial charge on any atom is 0.422 e. The monoisotopic (exact) mass is 539 g/mol. The molecular weight excluding hydrogens is 515 g/mol. The average Bonchev–Trinajstić information content (AvgIpc) is 2.84. The Kier molecular flexibility index (Phi) is 8.55. The Morgan fingerprint density at radius 2 is 1.70 bits per heavy atom. The number of aliphatic hydroxyl groups is 1. The summed E-state index contributed by atoms with van der Waals surface area (Å²) in [6.45, 7) is 4.24. The molecule has 3 rings (SSSR count). The third kappa shape index (κ3) is 6.26. The van der Waals surface area contributed by atoms with Gasteiger partial charge in [0.05, 0.1) is 6.61 Å². The van der Waals surface area contributed by atoms with Gasteiger partial charge in [0.25, 0.3) is 5.56 Å². The van der Waals surface area contributed by atoms with E-state index in [9.17, 15) is 27.9 Å². The number of pyridine rings is 1. The second kappa shape index (κ2) is 11.3. The van der Waals surface area contributed by atoms with Gasteiger partial charge in [0, 0.05) is 28.3 Å². The molecule has 0 radical (unpaired) electrons. The van der Waals surface area contributed by atoms with Gasteiger partial charge in [-0.3, -0.25) is 4.79 Å². The number of carbonyl (C=O) groups excluding carboxylic acids is 1. The van der Waals surface area contributed by atoms with Crippen molar-refractivity contribution in [3.05, 3.63) is 86.8 Å². The summed E-state index contributed by atoms with van der Waals surface area (Å²) in [5.41, 5.74) is -4.34. The number of aryl methyl sites for hydroxylation is 1. The highest BCUT2D eigenvalue weighted by Crippen LogP contribution is 2.50. The molecule has 0 aliphatic carbocycles. The van der Waals surface area contributed by atoms with Gasteiger partial charge >= 0.3 is 12.1 Å². The molecule has 1 aromatic heterocycles. The third-order valence-electron chi connectivity index (χ3n) is 5.75. The van der Waals surface area contributed by atoms with Gasteiger partial charge in [-0.25, -0.2) is 4.79 Å². The van der Waals surface area contributed by atoms with Crippen LogP contribution >= 0.6 is 11.6 Å². The zero-order valence-corrected chi connectivity index (χ0v) is 20.9. The maximum absolute atomic E-state index is 14.2. The number of carbonyl (C=O) groups is 1. The van der Waals surface area contributed by atoms with Crippen LogP contribution in [-0.4, -0.2) is 35.4 Å². The SMILES string of the molecule is CCOC(=O)COc1ccc(Oc2ccc(C(C)C(O)(c3c[nH]c(=O)c(C)c3)C(F)(F)F)c(Cl)c2)cc1. The summed E-state index contributed by atoms with van der Waals surface area (Å²) < 4.78 is 58.4. The Hall–Kier alpha value is -3.50. The van der Waals surface area contributed by atoms with E-state index in [0.29, 0.717) is 11.5 Å². The molecule has 1 heterocycles.